The number of hydrogen-bond acceptors (Lipinski definition) is 1. The molecule has 2 heterocycles. The van der Waals surface area contributed by atoms with Crippen molar-refractivity contribution in [1.82, 2.24) is 9.47 Å². The quantitative estimate of drug-likeness (QED) is 0.579. The third kappa shape index (κ3) is 3.82. The molecule has 1 N–H and O–H groups in total. The van der Waals surface area contributed by atoms with E-state index in [-0.39, 0.29) is 11.4 Å². The van der Waals surface area contributed by atoms with E-state index in [1.54, 1.807) is 4.90 Å². The Kier molecular flexibility index (Phi) is 5.10. The van der Waals surface area contributed by atoms with Crippen LogP contribution in [0.4, 0.5) is 19.3 Å². The van der Waals surface area contributed by atoms with Crippen LogP contribution >= 0.6 is 0 Å². The third-order valence-corrected chi connectivity index (χ3v) is 5.56. The van der Waals surface area contributed by atoms with Crippen molar-refractivity contribution >= 4 is 11.7 Å². The molecule has 0 bridgehead atoms. The minimum atomic E-state index is -0.922. The summed E-state index contributed by atoms with van der Waals surface area (Å²) in [5.74, 6) is -1.82. The van der Waals surface area contributed by atoms with Crippen molar-refractivity contribution in [3.8, 4) is 0 Å². The number of urea groups is 1. The highest BCUT2D eigenvalue weighted by Crippen LogP contribution is 2.33. The van der Waals surface area contributed by atoms with E-state index < -0.39 is 17.7 Å². The summed E-state index contributed by atoms with van der Waals surface area (Å²) in [4.78, 5) is 14.8. The van der Waals surface area contributed by atoms with Gasteiger partial charge in [-0.05, 0) is 52.9 Å². The summed E-state index contributed by atoms with van der Waals surface area (Å²) in [6.45, 7) is 7.50. The van der Waals surface area contributed by atoms with Gasteiger partial charge in [0.1, 0.15) is 0 Å². The molecule has 0 fully saturated rings. The maximum absolute atomic E-state index is 13.9. The summed E-state index contributed by atoms with van der Waals surface area (Å²) >= 11 is 0. The van der Waals surface area contributed by atoms with E-state index >= 15 is 0 Å². The van der Waals surface area contributed by atoms with Crippen LogP contribution in [0, 0.1) is 11.6 Å². The molecule has 4 nitrogen and oxygen atoms in total. The summed E-state index contributed by atoms with van der Waals surface area (Å²) < 4.78 is 29.5. The maximum Gasteiger partial charge on any atom is 0.322 e. The first-order valence-corrected chi connectivity index (χ1v) is 10.0. The Morgan fingerprint density at radius 1 is 1.00 bits per heavy atom. The fraction of sp³-hybridized carbons (Fsp3) is 0.292. The molecule has 30 heavy (non-hydrogen) atoms. The van der Waals surface area contributed by atoms with Crippen LogP contribution in [0.15, 0.2) is 60.8 Å². The standard InChI is InChI=1S/C24H25F2N3O/c1-24(2,3)17-7-9-18(10-8-17)27-23(30)29-14-13-28-12-4-5-21(28)22(29)16-6-11-19(25)20(26)15-16/h4-12,15,22H,13-14H2,1-3H3,(H,27,30). The van der Waals surface area contributed by atoms with E-state index in [1.165, 1.54) is 17.7 Å². The molecule has 2 aromatic carbocycles. The molecule has 6 heteroatoms. The van der Waals surface area contributed by atoms with Gasteiger partial charge in [0.05, 0.1) is 6.04 Å². The van der Waals surface area contributed by atoms with Gasteiger partial charge >= 0.3 is 6.03 Å². The Morgan fingerprint density at radius 2 is 1.73 bits per heavy atom. The molecular formula is C24H25F2N3O. The molecule has 1 atom stereocenters. The molecular weight excluding hydrogens is 384 g/mol. The highest BCUT2D eigenvalue weighted by molar-refractivity contribution is 5.90. The zero-order valence-electron chi connectivity index (χ0n) is 17.3. The van der Waals surface area contributed by atoms with Gasteiger partial charge in [0, 0.05) is 30.7 Å². The van der Waals surface area contributed by atoms with Gasteiger partial charge in [-0.15, -0.1) is 0 Å². The summed E-state index contributed by atoms with van der Waals surface area (Å²) in [5.41, 5.74) is 3.30. The second kappa shape index (κ2) is 7.59. The second-order valence-electron chi connectivity index (χ2n) is 8.65. The van der Waals surface area contributed by atoms with Crippen LogP contribution in [0.5, 0.6) is 0 Å². The van der Waals surface area contributed by atoms with E-state index in [0.29, 0.717) is 24.3 Å². The van der Waals surface area contributed by atoms with Gasteiger partial charge in [0.25, 0.3) is 0 Å². The Labute approximate surface area is 175 Å². The number of aromatic nitrogens is 1. The monoisotopic (exact) mass is 409 g/mol. The Morgan fingerprint density at radius 3 is 2.40 bits per heavy atom. The van der Waals surface area contributed by atoms with Crippen LogP contribution < -0.4 is 5.32 Å². The number of hydrogen-bond donors (Lipinski definition) is 1. The van der Waals surface area contributed by atoms with Crippen molar-refractivity contribution in [3.05, 3.63) is 89.2 Å². The fourth-order valence-electron chi connectivity index (χ4n) is 3.88. The molecule has 0 saturated carbocycles. The van der Waals surface area contributed by atoms with E-state index in [4.69, 9.17) is 0 Å². The van der Waals surface area contributed by atoms with Crippen molar-refractivity contribution in [2.75, 3.05) is 11.9 Å². The Balaban J connectivity index is 1.63. The fourth-order valence-corrected chi connectivity index (χ4v) is 3.88. The first-order chi connectivity index (χ1) is 14.2. The number of halogens is 2. The number of benzene rings is 2. The molecule has 0 radical (unpaired) electrons. The number of anilines is 1. The summed E-state index contributed by atoms with van der Waals surface area (Å²) in [5, 5.41) is 2.95. The zero-order chi connectivity index (χ0) is 21.5. The molecule has 1 aliphatic heterocycles. The van der Waals surface area contributed by atoms with Crippen molar-refractivity contribution in [3.63, 3.8) is 0 Å². The Hall–Kier alpha value is -3.15. The van der Waals surface area contributed by atoms with Crippen LogP contribution in [0.25, 0.3) is 0 Å². The average molecular weight is 409 g/mol. The number of nitrogens with one attached hydrogen (secondary N) is 1. The van der Waals surface area contributed by atoms with Crippen molar-refractivity contribution in [2.24, 2.45) is 0 Å². The highest BCUT2D eigenvalue weighted by atomic mass is 19.2. The lowest BCUT2D eigenvalue weighted by molar-refractivity contribution is 0.181. The van der Waals surface area contributed by atoms with Crippen LogP contribution in [0.3, 0.4) is 0 Å². The first-order valence-electron chi connectivity index (χ1n) is 10.0. The number of rotatable bonds is 2. The molecule has 0 spiro atoms. The smallest absolute Gasteiger partial charge is 0.322 e. The average Bonchev–Trinajstić information content (AvgIpc) is 3.18. The normalized spacial score (nSPS) is 16.3. The van der Waals surface area contributed by atoms with Gasteiger partial charge in [0.2, 0.25) is 0 Å². The Bertz CT molecular complexity index is 1070. The molecule has 4 rings (SSSR count). The molecule has 0 saturated heterocycles. The SMILES string of the molecule is CC(C)(C)c1ccc(NC(=O)N2CCn3cccc3C2c2ccc(F)c(F)c2)cc1. The van der Waals surface area contributed by atoms with E-state index in [1.807, 2.05) is 47.2 Å². The van der Waals surface area contributed by atoms with Gasteiger partial charge in [-0.2, -0.15) is 0 Å². The van der Waals surface area contributed by atoms with Crippen LogP contribution in [0.2, 0.25) is 0 Å². The third-order valence-electron chi connectivity index (χ3n) is 5.56. The number of amides is 2. The van der Waals surface area contributed by atoms with Crippen LogP contribution in [-0.2, 0) is 12.0 Å². The van der Waals surface area contributed by atoms with Crippen LogP contribution in [-0.4, -0.2) is 22.0 Å². The topological polar surface area (TPSA) is 37.3 Å². The molecule has 0 aliphatic carbocycles. The van der Waals surface area contributed by atoms with Gasteiger partial charge in [-0.25, -0.2) is 13.6 Å². The molecule has 2 amide bonds. The maximum atomic E-state index is 13.9. The largest absolute Gasteiger partial charge is 0.348 e. The molecule has 1 aliphatic rings. The molecule has 3 aromatic rings. The number of nitrogens with zero attached hydrogens (tertiary/aromatic N) is 2. The van der Waals surface area contributed by atoms with Crippen LogP contribution in [0.1, 0.15) is 43.6 Å². The highest BCUT2D eigenvalue weighted by Gasteiger charge is 2.32. The molecule has 156 valence electrons. The second-order valence-corrected chi connectivity index (χ2v) is 8.65. The minimum absolute atomic E-state index is 0.0264. The molecule has 1 unspecified atom stereocenters. The number of carbonyl (C=O) groups excluding carboxylic acids is 1. The lowest BCUT2D eigenvalue weighted by Crippen LogP contribution is -2.44. The first kappa shape index (κ1) is 20.1. The van der Waals surface area contributed by atoms with Gasteiger partial charge in [-0.1, -0.05) is 39.0 Å². The summed E-state index contributed by atoms with van der Waals surface area (Å²) in [6.07, 6.45) is 1.93. The van der Waals surface area contributed by atoms with Crippen molar-refractivity contribution < 1.29 is 13.6 Å². The summed E-state index contributed by atoms with van der Waals surface area (Å²) in [7, 11) is 0. The van der Waals surface area contributed by atoms with E-state index in [2.05, 4.69) is 26.1 Å². The lowest BCUT2D eigenvalue weighted by Gasteiger charge is -2.37. The predicted octanol–water partition coefficient (Wildman–Crippen LogP) is 5.70. The summed E-state index contributed by atoms with van der Waals surface area (Å²) in [6, 6.07) is 14.6. The van der Waals surface area contributed by atoms with Crippen molar-refractivity contribution in [2.45, 2.75) is 38.8 Å². The predicted molar refractivity (Wildman–Crippen MR) is 113 cm³/mol. The van der Waals surface area contributed by atoms with E-state index in [0.717, 1.165) is 11.8 Å². The number of fused-ring (bicyclic) bond motifs is 1. The van der Waals surface area contributed by atoms with E-state index in [9.17, 15) is 13.6 Å². The molecule has 1 aromatic heterocycles. The zero-order valence-corrected chi connectivity index (χ0v) is 17.3. The van der Waals surface area contributed by atoms with Gasteiger partial charge < -0.3 is 14.8 Å². The number of carbonyl (C=O) groups is 1. The van der Waals surface area contributed by atoms with Crippen molar-refractivity contribution in [1.29, 1.82) is 0 Å². The van der Waals surface area contributed by atoms with Gasteiger partial charge in [0.15, 0.2) is 11.6 Å². The van der Waals surface area contributed by atoms with Gasteiger partial charge in [-0.3, -0.25) is 0 Å². The minimum Gasteiger partial charge on any atom is -0.348 e. The lowest BCUT2D eigenvalue weighted by atomic mass is 9.87.